The Kier molecular flexibility index (Phi) is 3.76. The number of aromatic nitrogens is 1. The number of anilines is 1. The van der Waals surface area contributed by atoms with Gasteiger partial charge < -0.3 is 5.32 Å². The van der Waals surface area contributed by atoms with Crippen LogP contribution in [0.5, 0.6) is 0 Å². The fourth-order valence-electron chi connectivity index (χ4n) is 2.55. The molecule has 0 aliphatic heterocycles. The first-order valence-electron chi connectivity index (χ1n) is 6.36. The topological polar surface area (TPSA) is 24.9 Å². The summed E-state index contributed by atoms with van der Waals surface area (Å²) in [5, 5.41) is 4.23. The van der Waals surface area contributed by atoms with E-state index in [9.17, 15) is 0 Å². The third-order valence-corrected chi connectivity index (χ3v) is 4.35. The summed E-state index contributed by atoms with van der Waals surface area (Å²) < 4.78 is 1.16. The zero-order valence-electron chi connectivity index (χ0n) is 10.4. The van der Waals surface area contributed by atoms with Crippen molar-refractivity contribution in [1.29, 1.82) is 0 Å². The Morgan fingerprint density at radius 1 is 1.26 bits per heavy atom. The standard InChI is InChI=1S/C15H14BrClN2/c16-12-3-1-11-8-13(4-2-10(11)7-12)19-15-9-18-6-5-14(15)17/h1,3,5-7,9,13,19H,2,4,8H2. The van der Waals surface area contributed by atoms with E-state index in [0.717, 1.165) is 34.4 Å². The maximum Gasteiger partial charge on any atom is 0.0718 e. The van der Waals surface area contributed by atoms with Gasteiger partial charge in [-0.1, -0.05) is 33.6 Å². The molecule has 1 unspecified atom stereocenters. The van der Waals surface area contributed by atoms with Gasteiger partial charge in [-0.25, -0.2) is 0 Å². The zero-order valence-corrected chi connectivity index (χ0v) is 12.7. The summed E-state index contributed by atoms with van der Waals surface area (Å²) in [5.74, 6) is 0. The SMILES string of the molecule is Clc1ccncc1NC1CCc2cc(Br)ccc2C1. The predicted molar refractivity (Wildman–Crippen MR) is 82.8 cm³/mol. The molecule has 1 atom stereocenters. The van der Waals surface area contributed by atoms with Crippen LogP contribution in [0, 0.1) is 0 Å². The van der Waals surface area contributed by atoms with Crippen LogP contribution in [0.3, 0.4) is 0 Å². The number of aryl methyl sites for hydroxylation is 1. The van der Waals surface area contributed by atoms with Crippen molar-refractivity contribution >= 4 is 33.2 Å². The largest absolute Gasteiger partial charge is 0.380 e. The quantitative estimate of drug-likeness (QED) is 0.874. The van der Waals surface area contributed by atoms with Crippen LogP contribution in [-0.4, -0.2) is 11.0 Å². The maximum atomic E-state index is 6.16. The molecule has 1 aromatic heterocycles. The lowest BCUT2D eigenvalue weighted by Gasteiger charge is -2.26. The van der Waals surface area contributed by atoms with Gasteiger partial charge in [0.05, 0.1) is 16.9 Å². The summed E-state index contributed by atoms with van der Waals surface area (Å²) in [6, 6.07) is 8.78. The number of halogens is 2. The van der Waals surface area contributed by atoms with Gasteiger partial charge in [0.25, 0.3) is 0 Å². The highest BCUT2D eigenvalue weighted by atomic mass is 79.9. The van der Waals surface area contributed by atoms with E-state index in [1.165, 1.54) is 11.1 Å². The highest BCUT2D eigenvalue weighted by Crippen LogP contribution is 2.28. The van der Waals surface area contributed by atoms with E-state index in [1.54, 1.807) is 12.4 Å². The summed E-state index contributed by atoms with van der Waals surface area (Å²) in [6.07, 6.45) is 6.76. The average molecular weight is 338 g/mol. The zero-order chi connectivity index (χ0) is 13.2. The second kappa shape index (κ2) is 5.51. The molecule has 1 N–H and O–H groups in total. The summed E-state index contributed by atoms with van der Waals surface area (Å²) >= 11 is 9.68. The van der Waals surface area contributed by atoms with Gasteiger partial charge in [-0.05, 0) is 48.6 Å². The van der Waals surface area contributed by atoms with Crippen LogP contribution in [0.4, 0.5) is 5.69 Å². The van der Waals surface area contributed by atoms with Crippen molar-refractivity contribution in [2.24, 2.45) is 0 Å². The molecule has 3 rings (SSSR count). The molecule has 2 nitrogen and oxygen atoms in total. The van der Waals surface area contributed by atoms with E-state index in [-0.39, 0.29) is 0 Å². The number of fused-ring (bicyclic) bond motifs is 1. The van der Waals surface area contributed by atoms with E-state index in [2.05, 4.69) is 44.4 Å². The minimum Gasteiger partial charge on any atom is -0.380 e. The Bertz CT molecular complexity index is 600. The second-order valence-electron chi connectivity index (χ2n) is 4.85. The van der Waals surface area contributed by atoms with Crippen LogP contribution in [-0.2, 0) is 12.8 Å². The molecule has 0 saturated heterocycles. The van der Waals surface area contributed by atoms with Crippen molar-refractivity contribution in [3.8, 4) is 0 Å². The first-order valence-corrected chi connectivity index (χ1v) is 7.53. The Morgan fingerprint density at radius 2 is 2.16 bits per heavy atom. The highest BCUT2D eigenvalue weighted by Gasteiger charge is 2.19. The smallest absolute Gasteiger partial charge is 0.0718 e. The molecule has 1 aliphatic carbocycles. The maximum absolute atomic E-state index is 6.16. The Hall–Kier alpha value is -1.06. The molecule has 4 heteroatoms. The fraction of sp³-hybridized carbons (Fsp3) is 0.267. The Balaban J connectivity index is 1.76. The lowest BCUT2D eigenvalue weighted by atomic mass is 9.88. The van der Waals surface area contributed by atoms with Crippen molar-refractivity contribution in [3.63, 3.8) is 0 Å². The average Bonchev–Trinajstić information content (AvgIpc) is 2.41. The van der Waals surface area contributed by atoms with E-state index in [1.807, 2.05) is 6.07 Å². The van der Waals surface area contributed by atoms with Crippen LogP contribution in [0.15, 0.2) is 41.1 Å². The molecule has 0 saturated carbocycles. The van der Waals surface area contributed by atoms with Crippen molar-refractivity contribution in [2.45, 2.75) is 25.3 Å². The summed E-state index contributed by atoms with van der Waals surface area (Å²) in [5.41, 5.74) is 3.80. The molecule has 98 valence electrons. The Morgan fingerprint density at radius 3 is 3.00 bits per heavy atom. The van der Waals surface area contributed by atoms with Crippen LogP contribution < -0.4 is 5.32 Å². The van der Waals surface area contributed by atoms with E-state index in [0.29, 0.717) is 6.04 Å². The molecule has 0 radical (unpaired) electrons. The minimum absolute atomic E-state index is 0.426. The molecule has 1 aliphatic rings. The van der Waals surface area contributed by atoms with Gasteiger partial charge in [0.15, 0.2) is 0 Å². The molecule has 1 heterocycles. The number of nitrogens with zero attached hydrogens (tertiary/aromatic N) is 1. The third-order valence-electron chi connectivity index (χ3n) is 3.52. The van der Waals surface area contributed by atoms with Gasteiger partial charge in [0.2, 0.25) is 0 Å². The van der Waals surface area contributed by atoms with E-state index >= 15 is 0 Å². The van der Waals surface area contributed by atoms with Crippen LogP contribution in [0.25, 0.3) is 0 Å². The molecule has 19 heavy (non-hydrogen) atoms. The number of rotatable bonds is 2. The van der Waals surface area contributed by atoms with Crippen molar-refractivity contribution in [2.75, 3.05) is 5.32 Å². The minimum atomic E-state index is 0.426. The summed E-state index contributed by atoms with van der Waals surface area (Å²) in [7, 11) is 0. The molecule has 0 fully saturated rings. The summed E-state index contributed by atoms with van der Waals surface area (Å²) in [4.78, 5) is 4.11. The van der Waals surface area contributed by atoms with Gasteiger partial charge in [0.1, 0.15) is 0 Å². The first kappa shape index (κ1) is 12.9. The number of hydrogen-bond donors (Lipinski definition) is 1. The lowest BCUT2D eigenvalue weighted by molar-refractivity contribution is 0.610. The molecule has 0 amide bonds. The van der Waals surface area contributed by atoms with Crippen molar-refractivity contribution in [1.82, 2.24) is 4.98 Å². The van der Waals surface area contributed by atoms with Crippen molar-refractivity contribution in [3.05, 3.63) is 57.3 Å². The molecular weight excluding hydrogens is 324 g/mol. The van der Waals surface area contributed by atoms with Gasteiger partial charge in [0, 0.05) is 16.7 Å². The van der Waals surface area contributed by atoms with Gasteiger partial charge in [-0.2, -0.15) is 0 Å². The number of benzene rings is 1. The van der Waals surface area contributed by atoms with Crippen LogP contribution >= 0.6 is 27.5 Å². The van der Waals surface area contributed by atoms with Crippen LogP contribution in [0.2, 0.25) is 5.02 Å². The molecule has 1 aromatic carbocycles. The molecule has 2 aromatic rings. The van der Waals surface area contributed by atoms with E-state index < -0.39 is 0 Å². The summed E-state index contributed by atoms with van der Waals surface area (Å²) in [6.45, 7) is 0. The highest BCUT2D eigenvalue weighted by molar-refractivity contribution is 9.10. The molecule has 0 bridgehead atoms. The number of pyridine rings is 1. The fourth-order valence-corrected chi connectivity index (χ4v) is 3.12. The number of hydrogen-bond acceptors (Lipinski definition) is 2. The first-order chi connectivity index (χ1) is 9.22. The second-order valence-corrected chi connectivity index (χ2v) is 6.18. The monoisotopic (exact) mass is 336 g/mol. The molecule has 0 spiro atoms. The van der Waals surface area contributed by atoms with Gasteiger partial charge in [-0.15, -0.1) is 0 Å². The van der Waals surface area contributed by atoms with Crippen molar-refractivity contribution < 1.29 is 0 Å². The van der Waals surface area contributed by atoms with Crippen LogP contribution in [0.1, 0.15) is 17.5 Å². The van der Waals surface area contributed by atoms with Gasteiger partial charge >= 0.3 is 0 Å². The number of nitrogens with one attached hydrogen (secondary N) is 1. The normalized spacial score (nSPS) is 17.9. The van der Waals surface area contributed by atoms with E-state index in [4.69, 9.17) is 11.6 Å². The van der Waals surface area contributed by atoms with Gasteiger partial charge in [-0.3, -0.25) is 4.98 Å². The lowest BCUT2D eigenvalue weighted by Crippen LogP contribution is -2.27. The third kappa shape index (κ3) is 2.93. The predicted octanol–water partition coefficient (Wildman–Crippen LogP) is 4.47. The Labute approximate surface area is 126 Å². The molecular formula is C15H14BrClN2.